The standard InChI is InChI=1S/C10H13ClOS/c1-8(12)10(2-4-11)6-9-3-5-13-7-9/h3,5,7,10H,2,4,6H2,1H3. The Balaban J connectivity index is 2.52. The molecule has 0 amide bonds. The number of thiophene rings is 1. The van der Waals surface area contributed by atoms with Crippen LogP contribution < -0.4 is 0 Å². The molecule has 1 heterocycles. The van der Waals surface area contributed by atoms with Crippen molar-refractivity contribution in [2.75, 3.05) is 5.88 Å². The summed E-state index contributed by atoms with van der Waals surface area (Å²) in [6.45, 7) is 1.64. The molecular weight excluding hydrogens is 204 g/mol. The number of hydrogen-bond acceptors (Lipinski definition) is 2. The van der Waals surface area contributed by atoms with E-state index in [0.29, 0.717) is 5.88 Å². The number of ketones is 1. The van der Waals surface area contributed by atoms with Crippen molar-refractivity contribution in [2.45, 2.75) is 19.8 Å². The van der Waals surface area contributed by atoms with Gasteiger partial charge in [0.25, 0.3) is 0 Å². The number of Topliss-reactive ketones (excluding diaryl/α,β-unsaturated/α-hetero) is 1. The average Bonchev–Trinajstić information content (AvgIpc) is 2.56. The van der Waals surface area contributed by atoms with Crippen molar-refractivity contribution in [2.24, 2.45) is 5.92 Å². The summed E-state index contributed by atoms with van der Waals surface area (Å²) < 4.78 is 0. The van der Waals surface area contributed by atoms with Crippen LogP contribution in [0.5, 0.6) is 0 Å². The molecule has 0 spiro atoms. The Morgan fingerprint density at radius 2 is 2.46 bits per heavy atom. The lowest BCUT2D eigenvalue weighted by molar-refractivity contribution is -0.120. The molecular formula is C10H13ClOS. The van der Waals surface area contributed by atoms with Crippen molar-refractivity contribution in [3.05, 3.63) is 22.4 Å². The summed E-state index contributed by atoms with van der Waals surface area (Å²) in [7, 11) is 0. The maximum atomic E-state index is 11.2. The van der Waals surface area contributed by atoms with Crippen molar-refractivity contribution in [3.8, 4) is 0 Å². The van der Waals surface area contributed by atoms with E-state index in [1.165, 1.54) is 5.56 Å². The quantitative estimate of drug-likeness (QED) is 0.692. The van der Waals surface area contributed by atoms with Gasteiger partial charge in [0.15, 0.2) is 0 Å². The third kappa shape index (κ3) is 3.49. The molecule has 13 heavy (non-hydrogen) atoms. The Morgan fingerprint density at radius 1 is 1.69 bits per heavy atom. The Morgan fingerprint density at radius 3 is 2.92 bits per heavy atom. The zero-order valence-electron chi connectivity index (χ0n) is 7.63. The minimum atomic E-state index is 0.104. The summed E-state index contributed by atoms with van der Waals surface area (Å²) in [5.74, 6) is 0.910. The van der Waals surface area contributed by atoms with Gasteiger partial charge in [0.2, 0.25) is 0 Å². The molecule has 0 aliphatic carbocycles. The van der Waals surface area contributed by atoms with Gasteiger partial charge >= 0.3 is 0 Å². The minimum Gasteiger partial charge on any atom is -0.300 e. The van der Waals surface area contributed by atoms with E-state index in [0.717, 1.165) is 12.8 Å². The van der Waals surface area contributed by atoms with E-state index in [-0.39, 0.29) is 11.7 Å². The van der Waals surface area contributed by atoms with Crippen molar-refractivity contribution in [3.63, 3.8) is 0 Å². The molecule has 0 N–H and O–H groups in total. The summed E-state index contributed by atoms with van der Waals surface area (Å²) in [6.07, 6.45) is 1.62. The number of alkyl halides is 1. The van der Waals surface area contributed by atoms with Crippen molar-refractivity contribution < 1.29 is 4.79 Å². The summed E-state index contributed by atoms with van der Waals surface area (Å²) >= 11 is 7.30. The van der Waals surface area contributed by atoms with Gasteiger partial charge in [0, 0.05) is 11.8 Å². The van der Waals surface area contributed by atoms with Gasteiger partial charge < -0.3 is 0 Å². The van der Waals surface area contributed by atoms with Crippen LogP contribution in [-0.4, -0.2) is 11.7 Å². The Labute approximate surface area is 87.7 Å². The molecule has 1 rings (SSSR count). The van der Waals surface area contributed by atoms with E-state index >= 15 is 0 Å². The molecule has 0 saturated heterocycles. The fourth-order valence-corrected chi connectivity index (χ4v) is 2.22. The Hall–Kier alpha value is -0.340. The highest BCUT2D eigenvalue weighted by atomic mass is 35.5. The molecule has 1 atom stereocenters. The topological polar surface area (TPSA) is 17.1 Å². The maximum absolute atomic E-state index is 11.2. The number of carbonyl (C=O) groups is 1. The molecule has 0 fully saturated rings. The highest BCUT2D eigenvalue weighted by Gasteiger charge is 2.13. The Bertz CT molecular complexity index is 256. The largest absolute Gasteiger partial charge is 0.300 e. The van der Waals surface area contributed by atoms with Gasteiger partial charge in [0.1, 0.15) is 5.78 Å². The van der Waals surface area contributed by atoms with E-state index in [1.54, 1.807) is 18.3 Å². The van der Waals surface area contributed by atoms with Gasteiger partial charge in [-0.05, 0) is 42.2 Å². The fourth-order valence-electron chi connectivity index (χ4n) is 1.27. The van der Waals surface area contributed by atoms with E-state index in [4.69, 9.17) is 11.6 Å². The first-order valence-corrected chi connectivity index (χ1v) is 5.79. The van der Waals surface area contributed by atoms with E-state index in [1.807, 2.05) is 5.38 Å². The van der Waals surface area contributed by atoms with Gasteiger partial charge in [-0.3, -0.25) is 4.79 Å². The third-order valence-electron chi connectivity index (χ3n) is 2.09. The van der Waals surface area contributed by atoms with E-state index in [2.05, 4.69) is 11.4 Å². The average molecular weight is 217 g/mol. The second kappa shape index (κ2) is 5.40. The molecule has 1 aromatic rings. The predicted molar refractivity (Wildman–Crippen MR) is 57.5 cm³/mol. The minimum absolute atomic E-state index is 0.104. The first-order valence-electron chi connectivity index (χ1n) is 4.31. The van der Waals surface area contributed by atoms with Gasteiger partial charge in [-0.1, -0.05) is 0 Å². The monoisotopic (exact) mass is 216 g/mol. The lowest BCUT2D eigenvalue weighted by Crippen LogP contribution is -2.14. The number of rotatable bonds is 5. The fraction of sp³-hybridized carbons (Fsp3) is 0.500. The molecule has 0 saturated carbocycles. The second-order valence-corrected chi connectivity index (χ2v) is 4.28. The number of halogens is 1. The molecule has 0 aliphatic rings. The zero-order chi connectivity index (χ0) is 9.68. The summed E-state index contributed by atoms with van der Waals surface area (Å²) in [5.41, 5.74) is 1.25. The van der Waals surface area contributed by atoms with Gasteiger partial charge in [0.05, 0.1) is 0 Å². The van der Waals surface area contributed by atoms with Gasteiger partial charge in [-0.15, -0.1) is 11.6 Å². The van der Waals surface area contributed by atoms with Crippen LogP contribution in [0.1, 0.15) is 18.9 Å². The molecule has 0 radical (unpaired) electrons. The van der Waals surface area contributed by atoms with Crippen molar-refractivity contribution >= 4 is 28.7 Å². The van der Waals surface area contributed by atoms with Crippen LogP contribution in [-0.2, 0) is 11.2 Å². The SMILES string of the molecule is CC(=O)C(CCCl)Cc1ccsc1. The third-order valence-corrected chi connectivity index (χ3v) is 3.04. The molecule has 1 nitrogen and oxygen atoms in total. The molecule has 0 aromatic carbocycles. The molecule has 0 bridgehead atoms. The lowest BCUT2D eigenvalue weighted by Gasteiger charge is -2.10. The molecule has 0 aliphatic heterocycles. The number of hydrogen-bond donors (Lipinski definition) is 0. The molecule has 1 aromatic heterocycles. The Kier molecular flexibility index (Phi) is 4.46. The number of carbonyl (C=O) groups excluding carboxylic acids is 1. The normalized spacial score (nSPS) is 12.8. The van der Waals surface area contributed by atoms with E-state index in [9.17, 15) is 4.79 Å². The zero-order valence-corrected chi connectivity index (χ0v) is 9.20. The predicted octanol–water partition coefficient (Wildman–Crippen LogP) is 3.12. The van der Waals surface area contributed by atoms with Crippen LogP contribution in [0.2, 0.25) is 0 Å². The first-order chi connectivity index (χ1) is 6.24. The highest BCUT2D eigenvalue weighted by molar-refractivity contribution is 7.07. The summed E-state index contributed by atoms with van der Waals surface area (Å²) in [4.78, 5) is 11.2. The van der Waals surface area contributed by atoms with Crippen LogP contribution in [0.15, 0.2) is 16.8 Å². The van der Waals surface area contributed by atoms with Gasteiger partial charge in [-0.25, -0.2) is 0 Å². The molecule has 3 heteroatoms. The first kappa shape index (κ1) is 10.7. The van der Waals surface area contributed by atoms with E-state index < -0.39 is 0 Å². The van der Waals surface area contributed by atoms with Crippen molar-refractivity contribution in [1.29, 1.82) is 0 Å². The molecule has 1 unspecified atom stereocenters. The second-order valence-electron chi connectivity index (χ2n) is 3.12. The van der Waals surface area contributed by atoms with Gasteiger partial charge in [-0.2, -0.15) is 11.3 Å². The van der Waals surface area contributed by atoms with Crippen LogP contribution in [0, 0.1) is 5.92 Å². The summed E-state index contributed by atoms with van der Waals surface area (Å²) in [5, 5.41) is 4.12. The van der Waals surface area contributed by atoms with Crippen LogP contribution in [0.3, 0.4) is 0 Å². The van der Waals surface area contributed by atoms with Crippen molar-refractivity contribution in [1.82, 2.24) is 0 Å². The summed E-state index contributed by atoms with van der Waals surface area (Å²) in [6, 6.07) is 2.06. The van der Waals surface area contributed by atoms with Crippen LogP contribution >= 0.6 is 22.9 Å². The van der Waals surface area contributed by atoms with Crippen LogP contribution in [0.25, 0.3) is 0 Å². The van der Waals surface area contributed by atoms with Crippen LogP contribution in [0.4, 0.5) is 0 Å². The molecule has 72 valence electrons. The lowest BCUT2D eigenvalue weighted by atomic mass is 9.95. The smallest absolute Gasteiger partial charge is 0.133 e. The maximum Gasteiger partial charge on any atom is 0.133 e. The highest BCUT2D eigenvalue weighted by Crippen LogP contribution is 2.16.